The van der Waals surface area contributed by atoms with Crippen molar-refractivity contribution >= 4 is 5.69 Å². The zero-order chi connectivity index (χ0) is 15.1. The second kappa shape index (κ2) is 8.22. The molecule has 3 nitrogen and oxygen atoms in total. The first-order valence-electron chi connectivity index (χ1n) is 7.43. The second-order valence-corrected chi connectivity index (χ2v) is 5.08. The molecule has 2 N–H and O–H groups in total. The first-order chi connectivity index (χ1) is 9.60. The van der Waals surface area contributed by atoms with E-state index in [2.05, 4.69) is 19.2 Å². The van der Waals surface area contributed by atoms with Crippen LogP contribution in [0.5, 0.6) is 0 Å². The molecule has 0 heterocycles. The number of halogens is 1. The summed E-state index contributed by atoms with van der Waals surface area (Å²) in [5.74, 6) is -0.218. The van der Waals surface area contributed by atoms with E-state index in [9.17, 15) is 9.50 Å². The van der Waals surface area contributed by atoms with Gasteiger partial charge in [-0.15, -0.1) is 0 Å². The third-order valence-corrected chi connectivity index (χ3v) is 3.93. The van der Waals surface area contributed by atoms with Gasteiger partial charge in [0.15, 0.2) is 0 Å². The van der Waals surface area contributed by atoms with Crippen molar-refractivity contribution in [3.8, 4) is 0 Å². The molecule has 0 aliphatic heterocycles. The summed E-state index contributed by atoms with van der Waals surface area (Å²) in [5.41, 5.74) is 1.56. The lowest BCUT2D eigenvalue weighted by Crippen LogP contribution is -2.38. The highest BCUT2D eigenvalue weighted by Crippen LogP contribution is 2.31. The zero-order valence-corrected chi connectivity index (χ0v) is 13.0. The maximum atomic E-state index is 14.4. The molecular weight excluding hydrogens is 255 g/mol. The molecule has 0 fully saturated rings. The highest BCUT2D eigenvalue weighted by atomic mass is 19.1. The molecule has 4 heteroatoms. The number of aliphatic hydroxyl groups excluding tert-OH is 1. The van der Waals surface area contributed by atoms with E-state index >= 15 is 0 Å². The molecule has 0 bridgehead atoms. The molecule has 0 radical (unpaired) electrons. The predicted molar refractivity (Wildman–Crippen MR) is 82.7 cm³/mol. The molecule has 0 saturated carbocycles. The Kier molecular flexibility index (Phi) is 6.96. The number of rotatable bonds is 8. The van der Waals surface area contributed by atoms with Gasteiger partial charge in [0.05, 0.1) is 12.3 Å². The molecule has 1 aromatic carbocycles. The van der Waals surface area contributed by atoms with Gasteiger partial charge in [-0.3, -0.25) is 0 Å². The average Bonchev–Trinajstić information content (AvgIpc) is 2.46. The third kappa shape index (κ3) is 3.70. The van der Waals surface area contributed by atoms with Crippen LogP contribution in [-0.4, -0.2) is 31.3 Å². The van der Waals surface area contributed by atoms with Gasteiger partial charge in [0.2, 0.25) is 0 Å². The Morgan fingerprint density at radius 3 is 2.45 bits per heavy atom. The maximum absolute atomic E-state index is 14.4. The van der Waals surface area contributed by atoms with Crippen molar-refractivity contribution in [3.63, 3.8) is 0 Å². The van der Waals surface area contributed by atoms with Crippen LogP contribution in [0.4, 0.5) is 10.1 Å². The molecule has 0 aliphatic rings. The topological polar surface area (TPSA) is 35.5 Å². The van der Waals surface area contributed by atoms with Crippen molar-refractivity contribution in [1.29, 1.82) is 0 Å². The van der Waals surface area contributed by atoms with Crippen molar-refractivity contribution in [2.24, 2.45) is 0 Å². The average molecular weight is 282 g/mol. The van der Waals surface area contributed by atoms with Gasteiger partial charge in [0.25, 0.3) is 0 Å². The standard InChI is InChI=1S/C16H27FN2O/c1-5-13(6-2)19(10-11-20)16-14(12(3)18-4)8-7-9-15(16)17/h7-9,12-13,18,20H,5-6,10-11H2,1-4H3. The number of nitrogens with zero attached hydrogens (tertiary/aromatic N) is 1. The maximum Gasteiger partial charge on any atom is 0.146 e. The first-order valence-corrected chi connectivity index (χ1v) is 7.43. The molecule has 1 unspecified atom stereocenters. The molecule has 1 aromatic rings. The Labute approximate surface area is 121 Å². The molecule has 1 rings (SSSR count). The lowest BCUT2D eigenvalue weighted by atomic mass is 10.0. The summed E-state index contributed by atoms with van der Waals surface area (Å²) in [6, 6.07) is 5.49. The first kappa shape index (κ1) is 16.9. The van der Waals surface area contributed by atoms with Crippen LogP contribution in [-0.2, 0) is 0 Å². The summed E-state index contributed by atoms with van der Waals surface area (Å²) in [4.78, 5) is 2.01. The Morgan fingerprint density at radius 1 is 1.30 bits per heavy atom. The van der Waals surface area contributed by atoms with Crippen LogP contribution in [0, 0.1) is 5.82 Å². The van der Waals surface area contributed by atoms with Crippen LogP contribution < -0.4 is 10.2 Å². The summed E-state index contributed by atoms with van der Waals surface area (Å²) in [6.07, 6.45) is 1.86. The SMILES string of the molecule is CCC(CC)N(CCO)c1c(F)cccc1C(C)NC. The molecular formula is C16H27FN2O. The molecule has 0 aliphatic carbocycles. The summed E-state index contributed by atoms with van der Waals surface area (Å²) < 4.78 is 14.4. The molecule has 0 saturated heterocycles. The predicted octanol–water partition coefficient (Wildman–Crippen LogP) is 3.09. The fraction of sp³-hybridized carbons (Fsp3) is 0.625. The van der Waals surface area contributed by atoms with Gasteiger partial charge in [-0.2, -0.15) is 0 Å². The minimum Gasteiger partial charge on any atom is -0.395 e. The van der Waals surface area contributed by atoms with Crippen LogP contribution in [0.2, 0.25) is 0 Å². The second-order valence-electron chi connectivity index (χ2n) is 5.08. The lowest BCUT2D eigenvalue weighted by Gasteiger charge is -2.35. The smallest absolute Gasteiger partial charge is 0.146 e. The fourth-order valence-corrected chi connectivity index (χ4v) is 2.65. The minimum absolute atomic E-state index is 0.0260. The molecule has 0 aromatic heterocycles. The number of anilines is 1. The zero-order valence-electron chi connectivity index (χ0n) is 13.0. The van der Waals surface area contributed by atoms with Crippen LogP contribution in [0.1, 0.15) is 45.2 Å². The van der Waals surface area contributed by atoms with Crippen LogP contribution in [0.3, 0.4) is 0 Å². The molecule has 0 spiro atoms. The summed E-state index contributed by atoms with van der Waals surface area (Å²) in [6.45, 7) is 6.69. The number of hydrogen-bond acceptors (Lipinski definition) is 3. The molecule has 0 amide bonds. The van der Waals surface area contributed by atoms with Gasteiger partial charge in [-0.25, -0.2) is 4.39 Å². The number of nitrogens with one attached hydrogen (secondary N) is 1. The van der Waals surface area contributed by atoms with Crippen molar-refractivity contribution in [3.05, 3.63) is 29.6 Å². The van der Waals surface area contributed by atoms with Crippen LogP contribution in [0.25, 0.3) is 0 Å². The van der Waals surface area contributed by atoms with Gasteiger partial charge >= 0.3 is 0 Å². The fourth-order valence-electron chi connectivity index (χ4n) is 2.65. The quantitative estimate of drug-likeness (QED) is 0.769. The monoisotopic (exact) mass is 282 g/mol. The van der Waals surface area contributed by atoms with Crippen molar-refractivity contribution in [2.45, 2.75) is 45.7 Å². The van der Waals surface area contributed by atoms with Crippen molar-refractivity contribution in [1.82, 2.24) is 5.32 Å². The number of hydrogen-bond donors (Lipinski definition) is 2. The molecule has 20 heavy (non-hydrogen) atoms. The summed E-state index contributed by atoms with van der Waals surface area (Å²) in [7, 11) is 1.87. The summed E-state index contributed by atoms with van der Waals surface area (Å²) >= 11 is 0. The van der Waals surface area contributed by atoms with Gasteiger partial charge < -0.3 is 15.3 Å². The van der Waals surface area contributed by atoms with Crippen molar-refractivity contribution < 1.29 is 9.50 Å². The van der Waals surface area contributed by atoms with Crippen molar-refractivity contribution in [2.75, 3.05) is 25.1 Å². The normalized spacial score (nSPS) is 12.8. The molecule has 114 valence electrons. The van der Waals surface area contributed by atoms with Crippen LogP contribution in [0.15, 0.2) is 18.2 Å². The van der Waals surface area contributed by atoms with E-state index in [0.29, 0.717) is 12.2 Å². The van der Waals surface area contributed by atoms with E-state index in [1.165, 1.54) is 6.07 Å². The third-order valence-electron chi connectivity index (χ3n) is 3.93. The highest BCUT2D eigenvalue weighted by Gasteiger charge is 2.23. The Balaban J connectivity index is 3.30. The van der Waals surface area contributed by atoms with E-state index in [-0.39, 0.29) is 24.5 Å². The minimum atomic E-state index is -0.218. The Bertz CT molecular complexity index is 407. The van der Waals surface area contributed by atoms with Crippen LogP contribution >= 0.6 is 0 Å². The number of benzene rings is 1. The van der Waals surface area contributed by atoms with E-state index in [1.54, 1.807) is 6.07 Å². The summed E-state index contributed by atoms with van der Waals surface area (Å²) in [5, 5.41) is 12.5. The number of aliphatic hydroxyl groups is 1. The van der Waals surface area contributed by atoms with Gasteiger partial charge in [-0.1, -0.05) is 26.0 Å². The Morgan fingerprint density at radius 2 is 1.95 bits per heavy atom. The van der Waals surface area contributed by atoms with Gasteiger partial charge in [0.1, 0.15) is 5.82 Å². The van der Waals surface area contributed by atoms with E-state index in [0.717, 1.165) is 18.4 Å². The Hall–Kier alpha value is -1.13. The molecule has 1 atom stereocenters. The largest absolute Gasteiger partial charge is 0.395 e. The van der Waals surface area contributed by atoms with E-state index in [1.807, 2.05) is 24.9 Å². The van der Waals surface area contributed by atoms with Gasteiger partial charge in [-0.05, 0) is 38.4 Å². The van der Waals surface area contributed by atoms with E-state index in [4.69, 9.17) is 0 Å². The highest BCUT2D eigenvalue weighted by molar-refractivity contribution is 5.57. The van der Waals surface area contributed by atoms with E-state index < -0.39 is 0 Å². The lowest BCUT2D eigenvalue weighted by molar-refractivity contribution is 0.295. The number of para-hydroxylation sites is 1. The van der Waals surface area contributed by atoms with Gasteiger partial charge in [0, 0.05) is 18.6 Å².